The Morgan fingerprint density at radius 1 is 1.43 bits per heavy atom. The van der Waals surface area contributed by atoms with Crippen molar-refractivity contribution in [3.63, 3.8) is 0 Å². The van der Waals surface area contributed by atoms with Crippen molar-refractivity contribution in [1.82, 2.24) is 10.1 Å². The Morgan fingerprint density at radius 3 is 2.93 bits per heavy atom. The summed E-state index contributed by atoms with van der Waals surface area (Å²) in [5.41, 5.74) is 0.780. The molecule has 5 heteroatoms. The van der Waals surface area contributed by atoms with Crippen molar-refractivity contribution in [3.05, 3.63) is 46.8 Å². The van der Waals surface area contributed by atoms with Crippen molar-refractivity contribution in [1.29, 1.82) is 0 Å². The molecule has 0 amide bonds. The molecule has 0 aliphatic carbocycles. The van der Waals surface area contributed by atoms with Crippen LogP contribution in [0.4, 0.5) is 4.39 Å². The number of rotatable bonds is 2. The van der Waals surface area contributed by atoms with Gasteiger partial charge in [-0.15, -0.1) is 0 Å². The van der Waals surface area contributed by atoms with Crippen LogP contribution in [0.5, 0.6) is 0 Å². The molecule has 0 saturated heterocycles. The van der Waals surface area contributed by atoms with Gasteiger partial charge in [0.05, 0.1) is 0 Å². The molecule has 0 N–H and O–H groups in total. The molecule has 1 aromatic carbocycles. The van der Waals surface area contributed by atoms with Crippen LogP contribution in [-0.4, -0.2) is 10.1 Å². The summed E-state index contributed by atoms with van der Waals surface area (Å²) in [6, 6.07) is 6.22. The molecule has 0 bridgehead atoms. The third-order valence-corrected chi connectivity index (χ3v) is 1.85. The molecule has 0 fully saturated rings. The van der Waals surface area contributed by atoms with Gasteiger partial charge >= 0.3 is 5.35 Å². The highest BCUT2D eigenvalue weighted by atomic mass is 35.5. The number of hydrogen-bond acceptors (Lipinski definition) is 3. The lowest BCUT2D eigenvalue weighted by atomic mass is 10.1. The van der Waals surface area contributed by atoms with Gasteiger partial charge in [0.1, 0.15) is 5.82 Å². The van der Waals surface area contributed by atoms with E-state index in [-0.39, 0.29) is 11.2 Å². The third kappa shape index (κ3) is 2.09. The van der Waals surface area contributed by atoms with Crippen LogP contribution in [0.15, 0.2) is 28.8 Å². The molecule has 2 aromatic rings. The van der Waals surface area contributed by atoms with Gasteiger partial charge in [0.15, 0.2) is 5.82 Å². The SMILES string of the molecule is Fc1cccc(Cc2noc(Cl)n2)c1. The largest absolute Gasteiger partial charge is 0.321 e. The lowest BCUT2D eigenvalue weighted by Gasteiger charge is -1.95. The first-order chi connectivity index (χ1) is 6.74. The van der Waals surface area contributed by atoms with Crippen LogP contribution in [0, 0.1) is 5.82 Å². The number of aromatic nitrogens is 2. The fourth-order valence-electron chi connectivity index (χ4n) is 1.13. The van der Waals surface area contributed by atoms with E-state index in [1.165, 1.54) is 12.1 Å². The predicted molar refractivity (Wildman–Crippen MR) is 48.5 cm³/mol. The molecule has 0 aliphatic heterocycles. The molecule has 1 heterocycles. The summed E-state index contributed by atoms with van der Waals surface area (Å²) >= 11 is 5.44. The van der Waals surface area contributed by atoms with Gasteiger partial charge in [-0.2, -0.15) is 4.98 Å². The van der Waals surface area contributed by atoms with Crippen LogP contribution in [0.3, 0.4) is 0 Å². The molecule has 0 aliphatic rings. The standard InChI is InChI=1S/C9H6ClFN2O/c10-9-12-8(13-14-9)5-6-2-1-3-7(11)4-6/h1-4H,5H2. The van der Waals surface area contributed by atoms with E-state index in [0.717, 1.165) is 5.56 Å². The van der Waals surface area contributed by atoms with Gasteiger partial charge in [-0.05, 0) is 29.3 Å². The van der Waals surface area contributed by atoms with E-state index in [4.69, 9.17) is 11.6 Å². The molecule has 72 valence electrons. The second-order valence-corrected chi connectivity index (χ2v) is 3.09. The molecule has 0 spiro atoms. The molecule has 1 aromatic heterocycles. The highest BCUT2D eigenvalue weighted by Crippen LogP contribution is 2.10. The lowest BCUT2D eigenvalue weighted by molar-refractivity contribution is 0.413. The van der Waals surface area contributed by atoms with Crippen LogP contribution < -0.4 is 0 Å². The molecule has 0 radical (unpaired) electrons. The Kier molecular flexibility index (Phi) is 2.45. The van der Waals surface area contributed by atoms with Crippen LogP contribution >= 0.6 is 11.6 Å². The Hall–Kier alpha value is -1.42. The van der Waals surface area contributed by atoms with Gasteiger partial charge in [-0.25, -0.2) is 4.39 Å². The number of halogens is 2. The summed E-state index contributed by atoms with van der Waals surface area (Å²) in [5, 5.41) is 3.60. The van der Waals surface area contributed by atoms with Crippen LogP contribution in [-0.2, 0) is 6.42 Å². The highest BCUT2D eigenvalue weighted by Gasteiger charge is 2.04. The van der Waals surface area contributed by atoms with Gasteiger partial charge in [0, 0.05) is 6.42 Å². The summed E-state index contributed by atoms with van der Waals surface area (Å²) in [5.74, 6) is 0.165. The second-order valence-electron chi connectivity index (χ2n) is 2.77. The molecule has 0 unspecified atom stereocenters. The van der Waals surface area contributed by atoms with Crippen molar-refractivity contribution >= 4 is 11.6 Å². The molecular formula is C9H6ClFN2O. The van der Waals surface area contributed by atoms with Crippen molar-refractivity contribution < 1.29 is 8.91 Å². The predicted octanol–water partition coefficient (Wildman–Crippen LogP) is 2.45. The maximum Gasteiger partial charge on any atom is 0.320 e. The average Bonchev–Trinajstić information content (AvgIpc) is 2.51. The molecular weight excluding hydrogens is 207 g/mol. The average molecular weight is 213 g/mol. The van der Waals surface area contributed by atoms with Gasteiger partial charge < -0.3 is 4.52 Å². The summed E-state index contributed by atoms with van der Waals surface area (Å²) in [4.78, 5) is 3.80. The van der Waals surface area contributed by atoms with Gasteiger partial charge in [-0.1, -0.05) is 17.3 Å². The maximum absolute atomic E-state index is 12.8. The maximum atomic E-state index is 12.8. The number of benzene rings is 1. The van der Waals surface area contributed by atoms with Gasteiger partial charge in [-0.3, -0.25) is 0 Å². The Balaban J connectivity index is 2.18. The minimum absolute atomic E-state index is 0.00333. The molecule has 3 nitrogen and oxygen atoms in total. The van der Waals surface area contributed by atoms with E-state index >= 15 is 0 Å². The van der Waals surface area contributed by atoms with E-state index < -0.39 is 0 Å². The Labute approximate surface area is 84.5 Å². The zero-order valence-corrected chi connectivity index (χ0v) is 7.83. The highest BCUT2D eigenvalue weighted by molar-refractivity contribution is 6.27. The van der Waals surface area contributed by atoms with E-state index in [0.29, 0.717) is 12.2 Å². The van der Waals surface area contributed by atoms with Crippen LogP contribution in [0.1, 0.15) is 11.4 Å². The fourth-order valence-corrected chi connectivity index (χ4v) is 1.27. The molecule has 0 atom stereocenters. The summed E-state index contributed by atoms with van der Waals surface area (Å²) in [6.07, 6.45) is 0.411. The first-order valence-electron chi connectivity index (χ1n) is 3.96. The minimum Gasteiger partial charge on any atom is -0.321 e. The third-order valence-electron chi connectivity index (χ3n) is 1.69. The molecule has 14 heavy (non-hydrogen) atoms. The Bertz CT molecular complexity index is 444. The Morgan fingerprint density at radius 2 is 2.29 bits per heavy atom. The van der Waals surface area contributed by atoms with Crippen molar-refractivity contribution in [2.45, 2.75) is 6.42 Å². The second kappa shape index (κ2) is 3.75. The van der Waals surface area contributed by atoms with E-state index in [2.05, 4.69) is 14.7 Å². The summed E-state index contributed by atoms with van der Waals surface area (Å²) in [6.45, 7) is 0. The van der Waals surface area contributed by atoms with E-state index in [1.807, 2.05) is 0 Å². The summed E-state index contributed by atoms with van der Waals surface area (Å²) in [7, 11) is 0. The first-order valence-corrected chi connectivity index (χ1v) is 4.34. The smallest absolute Gasteiger partial charge is 0.320 e. The fraction of sp³-hybridized carbons (Fsp3) is 0.111. The summed E-state index contributed by atoms with van der Waals surface area (Å²) < 4.78 is 17.4. The van der Waals surface area contributed by atoms with Gasteiger partial charge in [0.2, 0.25) is 0 Å². The van der Waals surface area contributed by atoms with E-state index in [9.17, 15) is 4.39 Å². The van der Waals surface area contributed by atoms with Crippen molar-refractivity contribution in [2.75, 3.05) is 0 Å². The number of hydrogen-bond donors (Lipinski definition) is 0. The zero-order valence-electron chi connectivity index (χ0n) is 7.08. The topological polar surface area (TPSA) is 38.9 Å². The number of nitrogens with zero attached hydrogens (tertiary/aromatic N) is 2. The van der Waals surface area contributed by atoms with Gasteiger partial charge in [0.25, 0.3) is 0 Å². The van der Waals surface area contributed by atoms with Crippen molar-refractivity contribution in [3.8, 4) is 0 Å². The monoisotopic (exact) mass is 212 g/mol. The quantitative estimate of drug-likeness (QED) is 0.768. The van der Waals surface area contributed by atoms with Crippen molar-refractivity contribution in [2.24, 2.45) is 0 Å². The minimum atomic E-state index is -0.280. The lowest BCUT2D eigenvalue weighted by Crippen LogP contribution is -1.90. The zero-order chi connectivity index (χ0) is 9.97. The molecule has 2 rings (SSSR count). The normalized spacial score (nSPS) is 10.4. The van der Waals surface area contributed by atoms with Crippen LogP contribution in [0.2, 0.25) is 5.35 Å². The molecule has 0 saturated carbocycles. The van der Waals surface area contributed by atoms with E-state index in [1.54, 1.807) is 12.1 Å². The van der Waals surface area contributed by atoms with Crippen LogP contribution in [0.25, 0.3) is 0 Å². The first kappa shape index (κ1) is 9.15.